The van der Waals surface area contributed by atoms with Gasteiger partial charge >= 0.3 is 11.9 Å². The molecule has 144 valence electrons. The fourth-order valence-corrected chi connectivity index (χ4v) is 2.95. The molecule has 0 spiro atoms. The van der Waals surface area contributed by atoms with Gasteiger partial charge in [-0.2, -0.15) is 0 Å². The predicted octanol–water partition coefficient (Wildman–Crippen LogP) is 1.37. The van der Waals surface area contributed by atoms with Gasteiger partial charge in [0.05, 0.1) is 17.1 Å². The number of carbonyl (C=O) groups is 4. The van der Waals surface area contributed by atoms with Crippen LogP contribution in [-0.4, -0.2) is 46.9 Å². The summed E-state index contributed by atoms with van der Waals surface area (Å²) in [7, 11) is 0. The highest BCUT2D eigenvalue weighted by Crippen LogP contribution is 2.37. The summed E-state index contributed by atoms with van der Waals surface area (Å²) >= 11 is 0. The molecule has 0 aromatic carbocycles. The highest BCUT2D eigenvalue weighted by Gasteiger charge is 2.46. The topological polar surface area (TPSA) is 107 Å². The van der Waals surface area contributed by atoms with Crippen molar-refractivity contribution in [3.05, 3.63) is 47.6 Å². The number of hydrogen-bond donors (Lipinski definition) is 1. The lowest BCUT2D eigenvalue weighted by Gasteiger charge is -2.31. The maximum absolute atomic E-state index is 12.3. The zero-order valence-electron chi connectivity index (χ0n) is 15.4. The molecule has 27 heavy (non-hydrogen) atoms. The van der Waals surface area contributed by atoms with Crippen molar-refractivity contribution in [1.82, 2.24) is 0 Å². The molecule has 0 amide bonds. The minimum absolute atomic E-state index is 0.0465. The smallest absolute Gasteiger partial charge is 0.334 e. The Kier molecular flexibility index (Phi) is 5.95. The first kappa shape index (κ1) is 20.5. The average Bonchev–Trinajstić information content (AvgIpc) is 2.89. The largest absolute Gasteiger partial charge is 0.458 e. The number of aliphatic hydroxyl groups is 1. The van der Waals surface area contributed by atoms with Crippen LogP contribution in [0.15, 0.2) is 47.6 Å². The summed E-state index contributed by atoms with van der Waals surface area (Å²) in [6.45, 7) is 8.39. The third kappa shape index (κ3) is 4.49. The van der Waals surface area contributed by atoms with Gasteiger partial charge in [0, 0.05) is 17.6 Å². The quantitative estimate of drug-likeness (QED) is 0.344. The summed E-state index contributed by atoms with van der Waals surface area (Å²) in [5, 5.41) is 10.6. The molecule has 0 radical (unpaired) electrons. The van der Waals surface area contributed by atoms with E-state index in [0.29, 0.717) is 11.9 Å². The molecule has 0 aromatic rings. The molecule has 0 saturated carbocycles. The van der Waals surface area contributed by atoms with E-state index in [1.54, 1.807) is 19.9 Å². The molecule has 2 aliphatic rings. The van der Waals surface area contributed by atoms with Crippen molar-refractivity contribution in [3.63, 3.8) is 0 Å². The first-order valence-corrected chi connectivity index (χ1v) is 8.46. The average molecular weight is 374 g/mol. The molecule has 1 saturated heterocycles. The van der Waals surface area contributed by atoms with Crippen LogP contribution in [-0.2, 0) is 28.7 Å². The molecule has 0 aromatic heterocycles. The summed E-state index contributed by atoms with van der Waals surface area (Å²) in [5.41, 5.74) is -1.36. The molecule has 1 aliphatic heterocycles. The Hall–Kier alpha value is -2.80. The molecule has 0 unspecified atom stereocenters. The van der Waals surface area contributed by atoms with E-state index in [-0.39, 0.29) is 17.6 Å². The monoisotopic (exact) mass is 374 g/mol. The van der Waals surface area contributed by atoms with Gasteiger partial charge in [-0.05, 0) is 39.0 Å². The van der Waals surface area contributed by atoms with Gasteiger partial charge in [0.2, 0.25) is 0 Å². The second kappa shape index (κ2) is 7.84. The first-order chi connectivity index (χ1) is 12.6. The van der Waals surface area contributed by atoms with Crippen LogP contribution < -0.4 is 0 Å². The molecular formula is C20H22O7. The van der Waals surface area contributed by atoms with Gasteiger partial charge in [-0.1, -0.05) is 12.7 Å². The molecule has 0 bridgehead atoms. The number of esters is 2. The number of rotatable bonds is 3. The minimum atomic E-state index is -1.54. The van der Waals surface area contributed by atoms with E-state index in [9.17, 15) is 24.3 Å². The molecule has 1 fully saturated rings. The molecule has 7 heteroatoms. The van der Waals surface area contributed by atoms with E-state index < -0.39 is 41.4 Å². The third-order valence-corrected chi connectivity index (χ3v) is 4.64. The Morgan fingerprint density at radius 3 is 2.70 bits per heavy atom. The number of allylic oxidation sites excluding steroid dienone is 3. The summed E-state index contributed by atoms with van der Waals surface area (Å²) < 4.78 is 10.8. The van der Waals surface area contributed by atoms with Crippen molar-refractivity contribution in [1.29, 1.82) is 0 Å². The Labute approximate surface area is 157 Å². The van der Waals surface area contributed by atoms with Gasteiger partial charge in [-0.25, -0.2) is 9.59 Å². The van der Waals surface area contributed by atoms with Crippen molar-refractivity contribution in [2.75, 3.05) is 0 Å². The van der Waals surface area contributed by atoms with Crippen LogP contribution in [0.25, 0.3) is 0 Å². The van der Waals surface area contributed by atoms with Crippen molar-refractivity contribution >= 4 is 24.0 Å². The normalized spacial score (nSPS) is 34.8. The summed E-state index contributed by atoms with van der Waals surface area (Å²) in [6, 6.07) is 0. The van der Waals surface area contributed by atoms with Crippen molar-refractivity contribution < 1.29 is 33.8 Å². The van der Waals surface area contributed by atoms with Crippen LogP contribution in [0, 0.1) is 5.92 Å². The lowest BCUT2D eigenvalue weighted by Crippen LogP contribution is -2.39. The van der Waals surface area contributed by atoms with E-state index in [0.717, 1.165) is 6.08 Å². The summed E-state index contributed by atoms with van der Waals surface area (Å²) in [4.78, 5) is 47.8. The van der Waals surface area contributed by atoms with Gasteiger partial charge in [0.15, 0.2) is 12.1 Å². The standard InChI is InChI=1S/C20H22O7/c1-5-11(2)18(23)27-16-9-20(4,25)7-6-14(22)13(10-21)8-15-17(16)12(3)19(24)26-15/h5-8,10,15-17,25H,3,9H2,1-2,4H3/b7-6+,11-5-,13-8-/t15-,16-,17+,20+/m1/s1. The Bertz CT molecular complexity index is 782. The third-order valence-electron chi connectivity index (χ3n) is 4.64. The number of ether oxygens (including phenoxy) is 2. The van der Waals surface area contributed by atoms with E-state index in [2.05, 4.69) is 6.58 Å². The van der Waals surface area contributed by atoms with Crippen molar-refractivity contribution in [2.24, 2.45) is 5.92 Å². The zero-order chi connectivity index (χ0) is 20.4. The van der Waals surface area contributed by atoms with Crippen LogP contribution in [0.1, 0.15) is 27.2 Å². The van der Waals surface area contributed by atoms with Gasteiger partial charge in [0.1, 0.15) is 12.2 Å². The van der Waals surface area contributed by atoms with E-state index >= 15 is 0 Å². The first-order valence-electron chi connectivity index (χ1n) is 8.46. The van der Waals surface area contributed by atoms with Gasteiger partial charge in [-0.3, -0.25) is 9.59 Å². The van der Waals surface area contributed by atoms with Crippen molar-refractivity contribution in [3.8, 4) is 0 Å². The Morgan fingerprint density at radius 1 is 1.44 bits per heavy atom. The van der Waals surface area contributed by atoms with Crippen LogP contribution in [0.4, 0.5) is 0 Å². The Balaban J connectivity index is 2.54. The van der Waals surface area contributed by atoms with Crippen LogP contribution in [0.3, 0.4) is 0 Å². The summed E-state index contributed by atoms with van der Waals surface area (Å²) in [5.74, 6) is -2.79. The maximum Gasteiger partial charge on any atom is 0.334 e. The van der Waals surface area contributed by atoms with Crippen molar-refractivity contribution in [2.45, 2.75) is 45.0 Å². The van der Waals surface area contributed by atoms with Gasteiger partial charge in [-0.15, -0.1) is 0 Å². The number of fused-ring (bicyclic) bond motifs is 1. The number of aldehydes is 1. The minimum Gasteiger partial charge on any atom is -0.458 e. The lowest BCUT2D eigenvalue weighted by molar-refractivity contribution is -0.150. The number of carbonyl (C=O) groups excluding carboxylic acids is 4. The molecular weight excluding hydrogens is 352 g/mol. The molecule has 1 heterocycles. The van der Waals surface area contributed by atoms with Crippen LogP contribution in [0.5, 0.6) is 0 Å². The fraction of sp³-hybridized carbons (Fsp3) is 0.400. The molecule has 4 atom stereocenters. The van der Waals surface area contributed by atoms with Crippen LogP contribution in [0.2, 0.25) is 0 Å². The lowest BCUT2D eigenvalue weighted by atomic mass is 9.82. The number of ketones is 1. The maximum atomic E-state index is 12.3. The number of hydrogen-bond acceptors (Lipinski definition) is 7. The highest BCUT2D eigenvalue weighted by atomic mass is 16.6. The van der Waals surface area contributed by atoms with Crippen LogP contribution >= 0.6 is 0 Å². The van der Waals surface area contributed by atoms with E-state index in [4.69, 9.17) is 9.47 Å². The second-order valence-electron chi connectivity index (χ2n) is 6.84. The molecule has 1 aliphatic carbocycles. The van der Waals surface area contributed by atoms with Gasteiger partial charge in [0.25, 0.3) is 0 Å². The summed E-state index contributed by atoms with van der Waals surface area (Å²) in [6.07, 6.45) is 3.38. The van der Waals surface area contributed by atoms with E-state index in [1.807, 2.05) is 0 Å². The zero-order valence-corrected chi connectivity index (χ0v) is 15.4. The Morgan fingerprint density at radius 2 is 2.11 bits per heavy atom. The van der Waals surface area contributed by atoms with Gasteiger partial charge < -0.3 is 14.6 Å². The SMILES string of the molecule is C=C1C(=O)O[C@@H]2/C=C(/C=O)C(=O)/C=C/[C@](C)(O)C[C@@H](OC(=O)/C(C)=C\C)[C@@H]12. The molecule has 7 nitrogen and oxygen atoms in total. The predicted molar refractivity (Wildman–Crippen MR) is 95.4 cm³/mol. The second-order valence-corrected chi connectivity index (χ2v) is 6.84. The fourth-order valence-electron chi connectivity index (χ4n) is 2.95. The molecule has 2 rings (SSSR count). The van der Waals surface area contributed by atoms with E-state index in [1.165, 1.54) is 19.1 Å². The molecule has 1 N–H and O–H groups in total. The highest BCUT2D eigenvalue weighted by molar-refractivity contribution is 6.17.